The number of fused-ring (bicyclic) bond motifs is 1. The number of benzene rings is 2. The summed E-state index contributed by atoms with van der Waals surface area (Å²) in [6, 6.07) is 16.5. The van der Waals surface area contributed by atoms with Crippen LogP contribution in [0.25, 0.3) is 11.0 Å². The van der Waals surface area contributed by atoms with Crippen LogP contribution in [0.15, 0.2) is 54.7 Å². The van der Waals surface area contributed by atoms with Crippen molar-refractivity contribution < 1.29 is 4.74 Å². The first kappa shape index (κ1) is 11.2. The van der Waals surface area contributed by atoms with Gasteiger partial charge in [-0.25, -0.2) is 9.97 Å². The Kier molecular flexibility index (Phi) is 2.79. The molecule has 3 rings (SSSR count). The standard InChI is InChI=1S/C15H9N3O/c16-9-11-5-7-12(8-6-11)19-15-10-17-13-3-1-2-4-14(13)18-15/h1-8,10H. The summed E-state index contributed by atoms with van der Waals surface area (Å²) in [7, 11) is 0. The molecule has 0 aliphatic rings. The third-order valence-electron chi connectivity index (χ3n) is 2.63. The molecular weight excluding hydrogens is 238 g/mol. The quantitative estimate of drug-likeness (QED) is 0.697. The second-order valence-corrected chi connectivity index (χ2v) is 3.94. The highest BCUT2D eigenvalue weighted by atomic mass is 16.5. The van der Waals surface area contributed by atoms with E-state index in [9.17, 15) is 0 Å². The number of aromatic nitrogens is 2. The summed E-state index contributed by atoms with van der Waals surface area (Å²) in [6.45, 7) is 0. The molecule has 0 spiro atoms. The van der Waals surface area contributed by atoms with Crippen LogP contribution in [0.3, 0.4) is 0 Å². The normalized spacial score (nSPS) is 10.1. The van der Waals surface area contributed by atoms with Gasteiger partial charge in [0.25, 0.3) is 0 Å². The lowest BCUT2D eigenvalue weighted by atomic mass is 10.2. The zero-order valence-electron chi connectivity index (χ0n) is 9.95. The Morgan fingerprint density at radius 2 is 1.68 bits per heavy atom. The van der Waals surface area contributed by atoms with Crippen molar-refractivity contribution in [2.24, 2.45) is 0 Å². The van der Waals surface area contributed by atoms with Gasteiger partial charge in [0.15, 0.2) is 0 Å². The van der Waals surface area contributed by atoms with Gasteiger partial charge in [-0.2, -0.15) is 5.26 Å². The van der Waals surface area contributed by atoms with Crippen molar-refractivity contribution in [3.63, 3.8) is 0 Å². The SMILES string of the molecule is N#Cc1ccc(Oc2cnc3ccccc3n2)cc1. The van der Waals surface area contributed by atoms with Crippen molar-refractivity contribution >= 4 is 11.0 Å². The molecule has 0 unspecified atom stereocenters. The summed E-state index contributed by atoms with van der Waals surface area (Å²) in [5, 5.41) is 8.72. The zero-order chi connectivity index (χ0) is 13.1. The van der Waals surface area contributed by atoms with Crippen LogP contribution in [0, 0.1) is 11.3 Å². The molecule has 0 saturated carbocycles. The Balaban J connectivity index is 1.90. The molecule has 0 saturated heterocycles. The van der Waals surface area contributed by atoms with Crippen molar-refractivity contribution in [3.05, 3.63) is 60.3 Å². The second kappa shape index (κ2) is 4.75. The number of hydrogen-bond acceptors (Lipinski definition) is 4. The topological polar surface area (TPSA) is 58.8 Å². The lowest BCUT2D eigenvalue weighted by molar-refractivity contribution is 0.462. The van der Waals surface area contributed by atoms with Crippen molar-refractivity contribution in [1.29, 1.82) is 5.26 Å². The molecule has 0 radical (unpaired) electrons. The number of para-hydroxylation sites is 2. The number of ether oxygens (including phenoxy) is 1. The molecule has 2 aromatic carbocycles. The van der Waals surface area contributed by atoms with Gasteiger partial charge >= 0.3 is 0 Å². The largest absolute Gasteiger partial charge is 0.437 e. The van der Waals surface area contributed by atoms with E-state index < -0.39 is 0 Å². The van der Waals surface area contributed by atoms with E-state index in [-0.39, 0.29) is 0 Å². The summed E-state index contributed by atoms with van der Waals surface area (Å²) >= 11 is 0. The predicted octanol–water partition coefficient (Wildman–Crippen LogP) is 3.29. The molecule has 1 aromatic heterocycles. The summed E-state index contributed by atoms with van der Waals surface area (Å²) in [5.41, 5.74) is 2.21. The molecule has 0 fully saturated rings. The van der Waals surface area contributed by atoms with Crippen molar-refractivity contribution in [1.82, 2.24) is 9.97 Å². The van der Waals surface area contributed by atoms with E-state index in [0.717, 1.165) is 11.0 Å². The maximum atomic E-state index is 8.72. The van der Waals surface area contributed by atoms with Crippen LogP contribution in [-0.2, 0) is 0 Å². The van der Waals surface area contributed by atoms with Crippen molar-refractivity contribution in [2.45, 2.75) is 0 Å². The smallest absolute Gasteiger partial charge is 0.238 e. The van der Waals surface area contributed by atoms with E-state index in [0.29, 0.717) is 17.2 Å². The van der Waals surface area contributed by atoms with Crippen molar-refractivity contribution in [3.8, 4) is 17.7 Å². The Labute approximate surface area is 109 Å². The van der Waals surface area contributed by atoms with E-state index in [2.05, 4.69) is 16.0 Å². The van der Waals surface area contributed by atoms with Gasteiger partial charge in [0, 0.05) is 0 Å². The maximum Gasteiger partial charge on any atom is 0.238 e. The Hall–Kier alpha value is -2.93. The number of nitrogens with zero attached hydrogens (tertiary/aromatic N) is 3. The molecular formula is C15H9N3O. The minimum Gasteiger partial charge on any atom is -0.437 e. The van der Waals surface area contributed by atoms with E-state index in [1.807, 2.05) is 24.3 Å². The van der Waals surface area contributed by atoms with E-state index in [4.69, 9.17) is 10.00 Å². The average Bonchev–Trinajstić information content (AvgIpc) is 2.48. The molecule has 0 aliphatic carbocycles. The van der Waals surface area contributed by atoms with Gasteiger partial charge in [0.1, 0.15) is 5.75 Å². The minimum atomic E-state index is 0.434. The Morgan fingerprint density at radius 3 is 2.42 bits per heavy atom. The van der Waals surface area contributed by atoms with Crippen molar-refractivity contribution in [2.75, 3.05) is 0 Å². The van der Waals surface area contributed by atoms with Gasteiger partial charge < -0.3 is 4.74 Å². The van der Waals surface area contributed by atoms with Crippen LogP contribution in [0.4, 0.5) is 0 Å². The molecule has 0 bridgehead atoms. The molecule has 0 aliphatic heterocycles. The van der Waals surface area contributed by atoms with Gasteiger partial charge in [-0.1, -0.05) is 12.1 Å². The average molecular weight is 247 g/mol. The molecule has 4 heteroatoms. The van der Waals surface area contributed by atoms with Gasteiger partial charge in [0.2, 0.25) is 5.88 Å². The van der Waals surface area contributed by atoms with Crippen LogP contribution in [0.5, 0.6) is 11.6 Å². The van der Waals surface area contributed by atoms with Gasteiger partial charge in [-0.3, -0.25) is 0 Å². The first-order chi connectivity index (χ1) is 9.35. The van der Waals surface area contributed by atoms with Gasteiger partial charge in [0.05, 0.1) is 28.9 Å². The Bertz CT molecular complexity index is 760. The van der Waals surface area contributed by atoms with E-state index in [1.54, 1.807) is 30.5 Å². The Morgan fingerprint density at radius 1 is 0.947 bits per heavy atom. The summed E-state index contributed by atoms with van der Waals surface area (Å²) in [5.74, 6) is 1.06. The molecule has 0 N–H and O–H groups in total. The monoisotopic (exact) mass is 247 g/mol. The first-order valence-corrected chi connectivity index (χ1v) is 5.75. The first-order valence-electron chi connectivity index (χ1n) is 5.75. The minimum absolute atomic E-state index is 0.434. The predicted molar refractivity (Wildman–Crippen MR) is 70.8 cm³/mol. The van der Waals surface area contributed by atoms with Crippen LogP contribution in [-0.4, -0.2) is 9.97 Å². The van der Waals surface area contributed by atoms with Crippen LogP contribution in [0.2, 0.25) is 0 Å². The van der Waals surface area contributed by atoms with Gasteiger partial charge in [-0.05, 0) is 36.4 Å². The lowest BCUT2D eigenvalue weighted by Gasteiger charge is -2.05. The third kappa shape index (κ3) is 2.35. The third-order valence-corrected chi connectivity index (χ3v) is 2.63. The maximum absolute atomic E-state index is 8.72. The van der Waals surface area contributed by atoms with E-state index in [1.165, 1.54) is 0 Å². The lowest BCUT2D eigenvalue weighted by Crippen LogP contribution is -1.90. The molecule has 90 valence electrons. The van der Waals surface area contributed by atoms with Crippen LogP contribution in [0.1, 0.15) is 5.56 Å². The highest BCUT2D eigenvalue weighted by Crippen LogP contribution is 2.20. The zero-order valence-corrected chi connectivity index (χ0v) is 9.95. The highest BCUT2D eigenvalue weighted by Gasteiger charge is 2.02. The highest BCUT2D eigenvalue weighted by molar-refractivity contribution is 5.74. The van der Waals surface area contributed by atoms with Gasteiger partial charge in [-0.15, -0.1) is 0 Å². The molecule has 4 nitrogen and oxygen atoms in total. The molecule has 1 heterocycles. The molecule has 19 heavy (non-hydrogen) atoms. The van der Waals surface area contributed by atoms with Crippen LogP contribution >= 0.6 is 0 Å². The van der Waals surface area contributed by atoms with Crippen LogP contribution < -0.4 is 4.74 Å². The number of hydrogen-bond donors (Lipinski definition) is 0. The van der Waals surface area contributed by atoms with E-state index >= 15 is 0 Å². The fraction of sp³-hybridized carbons (Fsp3) is 0. The fourth-order valence-corrected chi connectivity index (χ4v) is 1.71. The molecule has 0 amide bonds. The summed E-state index contributed by atoms with van der Waals surface area (Å²) < 4.78 is 5.60. The fourth-order valence-electron chi connectivity index (χ4n) is 1.71. The summed E-state index contributed by atoms with van der Waals surface area (Å²) in [4.78, 5) is 8.63. The molecule has 0 atom stereocenters. The number of rotatable bonds is 2. The summed E-state index contributed by atoms with van der Waals surface area (Å²) in [6.07, 6.45) is 1.58. The number of nitriles is 1. The molecule has 3 aromatic rings. The second-order valence-electron chi connectivity index (χ2n) is 3.94.